The molecule has 0 aliphatic heterocycles. The van der Waals surface area contributed by atoms with Crippen LogP contribution in [0.15, 0.2) is 12.1 Å². The number of benzene rings is 1. The Labute approximate surface area is 74.8 Å². The van der Waals surface area contributed by atoms with Crippen molar-refractivity contribution in [3.63, 3.8) is 0 Å². The first-order valence-corrected chi connectivity index (χ1v) is 4.47. The molecule has 1 N–H and O–H groups in total. The van der Waals surface area contributed by atoms with Crippen molar-refractivity contribution in [3.8, 4) is 0 Å². The zero-order valence-electron chi connectivity index (χ0n) is 8.36. The van der Waals surface area contributed by atoms with Crippen molar-refractivity contribution in [1.29, 1.82) is 0 Å². The molecule has 0 fully saturated rings. The molecule has 0 spiro atoms. The molecule has 66 valence electrons. The van der Waals surface area contributed by atoms with Crippen LogP contribution in [-0.4, -0.2) is 7.05 Å². The van der Waals surface area contributed by atoms with Crippen molar-refractivity contribution in [2.24, 2.45) is 0 Å². The van der Waals surface area contributed by atoms with Gasteiger partial charge in [-0.2, -0.15) is 0 Å². The fourth-order valence-electron chi connectivity index (χ4n) is 1.56. The fourth-order valence-corrected chi connectivity index (χ4v) is 1.56. The van der Waals surface area contributed by atoms with Gasteiger partial charge in [-0.15, -0.1) is 0 Å². The molecule has 0 aliphatic carbocycles. The van der Waals surface area contributed by atoms with E-state index in [1.807, 2.05) is 7.05 Å². The second-order valence-corrected chi connectivity index (χ2v) is 3.20. The molecule has 0 atom stereocenters. The third-order valence-corrected chi connectivity index (χ3v) is 2.31. The van der Waals surface area contributed by atoms with E-state index in [0.29, 0.717) is 0 Å². The number of anilines is 1. The van der Waals surface area contributed by atoms with E-state index in [4.69, 9.17) is 0 Å². The molecular formula is C11H17N. The topological polar surface area (TPSA) is 12.0 Å². The molecule has 0 aromatic heterocycles. The minimum atomic E-state index is 1.11. The number of aryl methyl sites for hydroxylation is 2. The maximum Gasteiger partial charge on any atom is 0.0372 e. The first kappa shape index (κ1) is 9.11. The van der Waals surface area contributed by atoms with Crippen LogP contribution in [-0.2, 0) is 6.42 Å². The van der Waals surface area contributed by atoms with Crippen LogP contribution in [0.1, 0.15) is 23.6 Å². The molecule has 0 unspecified atom stereocenters. The Morgan fingerprint density at radius 2 is 1.92 bits per heavy atom. The quantitative estimate of drug-likeness (QED) is 0.707. The zero-order chi connectivity index (χ0) is 9.14. The van der Waals surface area contributed by atoms with Crippen LogP contribution in [0.3, 0.4) is 0 Å². The van der Waals surface area contributed by atoms with Crippen LogP contribution in [0, 0.1) is 13.8 Å². The lowest BCUT2D eigenvalue weighted by molar-refractivity contribution is 1.10. The van der Waals surface area contributed by atoms with Gasteiger partial charge >= 0.3 is 0 Å². The van der Waals surface area contributed by atoms with Crippen molar-refractivity contribution in [1.82, 2.24) is 0 Å². The third-order valence-electron chi connectivity index (χ3n) is 2.31. The van der Waals surface area contributed by atoms with Crippen LogP contribution in [0.25, 0.3) is 0 Å². The normalized spacial score (nSPS) is 10.0. The van der Waals surface area contributed by atoms with E-state index < -0.39 is 0 Å². The Balaban J connectivity index is 3.22. The summed E-state index contributed by atoms with van der Waals surface area (Å²) in [4.78, 5) is 0. The number of rotatable bonds is 2. The summed E-state index contributed by atoms with van der Waals surface area (Å²) < 4.78 is 0. The minimum absolute atomic E-state index is 1.11. The number of hydrogen-bond acceptors (Lipinski definition) is 1. The standard InChI is InChI=1S/C11H17N/c1-5-10-6-8(2)7-11(12-4)9(10)3/h6-7,12H,5H2,1-4H3. The molecule has 1 heteroatoms. The molecule has 1 aromatic rings. The summed E-state index contributed by atoms with van der Waals surface area (Å²) >= 11 is 0. The lowest BCUT2D eigenvalue weighted by Gasteiger charge is -2.10. The van der Waals surface area contributed by atoms with Crippen molar-refractivity contribution in [2.75, 3.05) is 12.4 Å². The highest BCUT2D eigenvalue weighted by Crippen LogP contribution is 2.21. The van der Waals surface area contributed by atoms with E-state index in [-0.39, 0.29) is 0 Å². The average Bonchev–Trinajstić information content (AvgIpc) is 2.08. The Morgan fingerprint density at radius 1 is 1.25 bits per heavy atom. The highest BCUT2D eigenvalue weighted by Gasteiger charge is 2.01. The van der Waals surface area contributed by atoms with Crippen LogP contribution < -0.4 is 5.32 Å². The summed E-state index contributed by atoms with van der Waals surface area (Å²) in [5.41, 5.74) is 5.42. The molecule has 0 saturated carbocycles. The van der Waals surface area contributed by atoms with E-state index in [2.05, 4.69) is 38.2 Å². The highest BCUT2D eigenvalue weighted by atomic mass is 14.8. The van der Waals surface area contributed by atoms with Crippen LogP contribution >= 0.6 is 0 Å². The second kappa shape index (κ2) is 3.61. The number of hydrogen-bond donors (Lipinski definition) is 1. The first-order valence-electron chi connectivity index (χ1n) is 4.47. The van der Waals surface area contributed by atoms with Gasteiger partial charge in [0.25, 0.3) is 0 Å². The Morgan fingerprint density at radius 3 is 2.42 bits per heavy atom. The lowest BCUT2D eigenvalue weighted by atomic mass is 10.0. The first-order chi connectivity index (χ1) is 5.69. The van der Waals surface area contributed by atoms with E-state index >= 15 is 0 Å². The van der Waals surface area contributed by atoms with Gasteiger partial charge in [-0.3, -0.25) is 0 Å². The lowest BCUT2D eigenvalue weighted by Crippen LogP contribution is -1.96. The SMILES string of the molecule is CCc1cc(C)cc(NC)c1C. The van der Waals surface area contributed by atoms with Crippen molar-refractivity contribution in [2.45, 2.75) is 27.2 Å². The predicted octanol–water partition coefficient (Wildman–Crippen LogP) is 2.91. The smallest absolute Gasteiger partial charge is 0.0372 e. The van der Waals surface area contributed by atoms with E-state index in [1.165, 1.54) is 22.4 Å². The fraction of sp³-hybridized carbons (Fsp3) is 0.455. The summed E-state index contributed by atoms with van der Waals surface area (Å²) in [5, 5.41) is 3.21. The van der Waals surface area contributed by atoms with Gasteiger partial charge in [-0.25, -0.2) is 0 Å². The molecule has 1 aromatic carbocycles. The monoisotopic (exact) mass is 163 g/mol. The Kier molecular flexibility index (Phi) is 2.74. The molecule has 0 bridgehead atoms. The van der Waals surface area contributed by atoms with Crippen molar-refractivity contribution < 1.29 is 0 Å². The van der Waals surface area contributed by atoms with Crippen molar-refractivity contribution in [3.05, 3.63) is 28.8 Å². The minimum Gasteiger partial charge on any atom is -0.388 e. The molecule has 0 radical (unpaired) electrons. The maximum absolute atomic E-state index is 3.21. The molecule has 0 amide bonds. The van der Waals surface area contributed by atoms with Gasteiger partial charge in [0, 0.05) is 12.7 Å². The van der Waals surface area contributed by atoms with Crippen LogP contribution in [0.4, 0.5) is 5.69 Å². The summed E-state index contributed by atoms with van der Waals surface area (Å²) in [7, 11) is 1.97. The molecule has 0 saturated heterocycles. The molecule has 0 heterocycles. The molecule has 1 rings (SSSR count). The van der Waals surface area contributed by atoms with Gasteiger partial charge in [0.05, 0.1) is 0 Å². The van der Waals surface area contributed by atoms with Crippen LogP contribution in [0.5, 0.6) is 0 Å². The summed E-state index contributed by atoms with van der Waals surface area (Å²) in [6.07, 6.45) is 1.11. The summed E-state index contributed by atoms with van der Waals surface area (Å²) in [6.45, 7) is 6.50. The van der Waals surface area contributed by atoms with E-state index in [1.54, 1.807) is 0 Å². The Bertz CT molecular complexity index is 251. The maximum atomic E-state index is 3.21. The zero-order valence-corrected chi connectivity index (χ0v) is 8.36. The molecule has 1 nitrogen and oxygen atoms in total. The van der Waals surface area contributed by atoms with Crippen LogP contribution in [0.2, 0.25) is 0 Å². The molecular weight excluding hydrogens is 146 g/mol. The van der Waals surface area contributed by atoms with Gasteiger partial charge in [0.1, 0.15) is 0 Å². The number of nitrogens with one attached hydrogen (secondary N) is 1. The average molecular weight is 163 g/mol. The predicted molar refractivity (Wildman–Crippen MR) is 54.8 cm³/mol. The van der Waals surface area contributed by atoms with Gasteiger partial charge in [0.15, 0.2) is 0 Å². The third kappa shape index (κ3) is 1.60. The molecule has 12 heavy (non-hydrogen) atoms. The summed E-state index contributed by atoms with van der Waals surface area (Å²) in [5.74, 6) is 0. The van der Waals surface area contributed by atoms with Gasteiger partial charge in [-0.1, -0.05) is 13.0 Å². The van der Waals surface area contributed by atoms with Crippen molar-refractivity contribution >= 4 is 5.69 Å². The second-order valence-electron chi connectivity index (χ2n) is 3.20. The van der Waals surface area contributed by atoms with Gasteiger partial charge in [0.2, 0.25) is 0 Å². The van der Waals surface area contributed by atoms with Gasteiger partial charge < -0.3 is 5.32 Å². The molecule has 0 aliphatic rings. The van der Waals surface area contributed by atoms with Gasteiger partial charge in [-0.05, 0) is 43.0 Å². The summed E-state index contributed by atoms with van der Waals surface area (Å²) in [6, 6.07) is 4.45. The van der Waals surface area contributed by atoms with E-state index in [9.17, 15) is 0 Å². The highest BCUT2D eigenvalue weighted by molar-refractivity contribution is 5.55. The Hall–Kier alpha value is -0.980. The largest absolute Gasteiger partial charge is 0.388 e. The van der Waals surface area contributed by atoms with E-state index in [0.717, 1.165) is 6.42 Å².